The topological polar surface area (TPSA) is 63.1 Å². The van der Waals surface area contributed by atoms with Crippen LogP contribution < -0.4 is 5.32 Å². The Balaban J connectivity index is 1.73. The highest BCUT2D eigenvalue weighted by Gasteiger charge is 2.20. The summed E-state index contributed by atoms with van der Waals surface area (Å²) in [5, 5.41) is 11.4. The van der Waals surface area contributed by atoms with Crippen LogP contribution in [0.4, 0.5) is 0 Å². The maximum absolute atomic E-state index is 11.2. The Labute approximate surface area is 101 Å². The molecular formula is C11H19N5O. The van der Waals surface area contributed by atoms with E-state index in [1.807, 2.05) is 18.1 Å². The molecule has 2 heterocycles. The second-order valence-electron chi connectivity index (χ2n) is 4.54. The average Bonchev–Trinajstić information content (AvgIpc) is 2.73. The van der Waals surface area contributed by atoms with Gasteiger partial charge in [0.05, 0.1) is 5.69 Å². The summed E-state index contributed by atoms with van der Waals surface area (Å²) < 4.78 is 1.70. The smallest absolute Gasteiger partial charge is 0.219 e. The third-order valence-corrected chi connectivity index (χ3v) is 3.16. The van der Waals surface area contributed by atoms with Gasteiger partial charge in [0.15, 0.2) is 0 Å². The van der Waals surface area contributed by atoms with Crippen molar-refractivity contribution in [3.63, 3.8) is 0 Å². The molecule has 2 rings (SSSR count). The summed E-state index contributed by atoms with van der Waals surface area (Å²) in [6.07, 6.45) is 3.94. The van der Waals surface area contributed by atoms with Gasteiger partial charge in [-0.25, -0.2) is 0 Å². The third-order valence-electron chi connectivity index (χ3n) is 3.16. The van der Waals surface area contributed by atoms with Gasteiger partial charge in [0.25, 0.3) is 0 Å². The number of carbonyl (C=O) groups is 1. The predicted molar refractivity (Wildman–Crippen MR) is 63.1 cm³/mol. The molecule has 0 aliphatic carbocycles. The van der Waals surface area contributed by atoms with E-state index in [1.54, 1.807) is 11.6 Å². The lowest BCUT2D eigenvalue weighted by Crippen LogP contribution is -2.43. The van der Waals surface area contributed by atoms with Crippen molar-refractivity contribution in [1.29, 1.82) is 0 Å². The van der Waals surface area contributed by atoms with Crippen LogP contribution in [0.15, 0.2) is 6.20 Å². The van der Waals surface area contributed by atoms with Gasteiger partial charge in [-0.15, -0.1) is 5.10 Å². The van der Waals surface area contributed by atoms with Crippen LogP contribution in [0.1, 0.15) is 25.5 Å². The number of amides is 1. The number of nitrogens with one attached hydrogen (secondary N) is 1. The van der Waals surface area contributed by atoms with E-state index in [1.165, 1.54) is 0 Å². The number of hydrogen-bond acceptors (Lipinski definition) is 4. The Morgan fingerprint density at radius 3 is 2.76 bits per heavy atom. The molecule has 0 aromatic carbocycles. The van der Waals surface area contributed by atoms with Crippen LogP contribution in [0.5, 0.6) is 0 Å². The van der Waals surface area contributed by atoms with Crippen molar-refractivity contribution >= 4 is 5.91 Å². The number of piperidine rings is 1. The molecule has 1 fully saturated rings. The van der Waals surface area contributed by atoms with Gasteiger partial charge in [-0.3, -0.25) is 9.48 Å². The second-order valence-corrected chi connectivity index (χ2v) is 4.54. The monoisotopic (exact) mass is 237 g/mol. The van der Waals surface area contributed by atoms with E-state index in [-0.39, 0.29) is 5.91 Å². The van der Waals surface area contributed by atoms with Crippen molar-refractivity contribution in [3.8, 4) is 0 Å². The van der Waals surface area contributed by atoms with Gasteiger partial charge in [-0.2, -0.15) is 0 Å². The Bertz CT molecular complexity index is 381. The standard InChI is InChI=1S/C11H19N5O/c1-9(17)16-5-3-10(4-6-16)12-7-11-8-15(2)14-13-11/h8,10,12H,3-7H2,1-2H3. The Kier molecular flexibility index (Phi) is 3.73. The molecule has 1 amide bonds. The van der Waals surface area contributed by atoms with Crippen LogP contribution in [-0.4, -0.2) is 44.9 Å². The molecule has 1 aliphatic heterocycles. The van der Waals surface area contributed by atoms with Crippen LogP contribution in [0, 0.1) is 0 Å². The van der Waals surface area contributed by atoms with Gasteiger partial charge in [0.1, 0.15) is 0 Å². The molecule has 0 spiro atoms. The van der Waals surface area contributed by atoms with Crippen LogP contribution in [0.3, 0.4) is 0 Å². The zero-order valence-corrected chi connectivity index (χ0v) is 10.4. The minimum absolute atomic E-state index is 0.178. The van der Waals surface area contributed by atoms with Crippen LogP contribution >= 0.6 is 0 Å². The van der Waals surface area contributed by atoms with Crippen molar-refractivity contribution < 1.29 is 4.79 Å². The first-order chi connectivity index (χ1) is 8.15. The number of aryl methyl sites for hydroxylation is 1. The molecule has 0 bridgehead atoms. The number of hydrogen-bond donors (Lipinski definition) is 1. The molecule has 94 valence electrons. The zero-order chi connectivity index (χ0) is 12.3. The number of nitrogens with zero attached hydrogens (tertiary/aromatic N) is 4. The van der Waals surface area contributed by atoms with Gasteiger partial charge in [0, 0.05) is 45.8 Å². The number of carbonyl (C=O) groups excluding carboxylic acids is 1. The minimum atomic E-state index is 0.178. The summed E-state index contributed by atoms with van der Waals surface area (Å²) in [5.41, 5.74) is 0.960. The second kappa shape index (κ2) is 5.27. The third kappa shape index (κ3) is 3.26. The van der Waals surface area contributed by atoms with Gasteiger partial charge in [-0.1, -0.05) is 5.21 Å². The molecule has 1 aromatic rings. The maximum atomic E-state index is 11.2. The molecule has 1 aliphatic rings. The summed E-state index contributed by atoms with van der Waals surface area (Å²) in [7, 11) is 1.86. The SMILES string of the molecule is CC(=O)N1CCC(NCc2cn(C)nn2)CC1. The molecule has 6 nitrogen and oxygen atoms in total. The zero-order valence-electron chi connectivity index (χ0n) is 10.4. The quantitative estimate of drug-likeness (QED) is 0.798. The molecule has 1 N–H and O–H groups in total. The summed E-state index contributed by atoms with van der Waals surface area (Å²) in [6.45, 7) is 4.09. The highest BCUT2D eigenvalue weighted by molar-refractivity contribution is 5.73. The van der Waals surface area contributed by atoms with Gasteiger partial charge in [-0.05, 0) is 12.8 Å². The molecule has 1 saturated heterocycles. The van der Waals surface area contributed by atoms with Crippen molar-refractivity contribution in [2.24, 2.45) is 7.05 Å². The first kappa shape index (κ1) is 12.0. The average molecular weight is 237 g/mol. The number of likely N-dealkylation sites (tertiary alicyclic amines) is 1. The molecule has 6 heteroatoms. The fraction of sp³-hybridized carbons (Fsp3) is 0.727. The summed E-state index contributed by atoms with van der Waals surface area (Å²) >= 11 is 0. The van der Waals surface area contributed by atoms with Crippen molar-refractivity contribution in [2.45, 2.75) is 32.4 Å². The van der Waals surface area contributed by atoms with Gasteiger partial charge >= 0.3 is 0 Å². The fourth-order valence-corrected chi connectivity index (χ4v) is 2.12. The van der Waals surface area contributed by atoms with Crippen LogP contribution in [0.25, 0.3) is 0 Å². The van der Waals surface area contributed by atoms with Crippen LogP contribution in [-0.2, 0) is 18.4 Å². The molecule has 0 radical (unpaired) electrons. The highest BCUT2D eigenvalue weighted by atomic mass is 16.2. The predicted octanol–water partition coefficient (Wildman–Crippen LogP) is -0.0844. The van der Waals surface area contributed by atoms with E-state index in [0.717, 1.165) is 38.2 Å². The van der Waals surface area contributed by atoms with Crippen LogP contribution in [0.2, 0.25) is 0 Å². The summed E-state index contributed by atoms with van der Waals surface area (Å²) in [5.74, 6) is 0.178. The Hall–Kier alpha value is -1.43. The van der Waals surface area contributed by atoms with E-state index >= 15 is 0 Å². The molecule has 1 aromatic heterocycles. The Morgan fingerprint density at radius 2 is 2.24 bits per heavy atom. The largest absolute Gasteiger partial charge is 0.343 e. The summed E-state index contributed by atoms with van der Waals surface area (Å²) in [4.78, 5) is 13.1. The number of aromatic nitrogens is 3. The van der Waals surface area contributed by atoms with E-state index < -0.39 is 0 Å². The highest BCUT2D eigenvalue weighted by Crippen LogP contribution is 2.10. The normalized spacial score (nSPS) is 17.4. The first-order valence-corrected chi connectivity index (χ1v) is 5.99. The lowest BCUT2D eigenvalue weighted by Gasteiger charge is -2.31. The number of rotatable bonds is 3. The molecule has 0 unspecified atom stereocenters. The van der Waals surface area contributed by atoms with Crippen molar-refractivity contribution in [1.82, 2.24) is 25.2 Å². The lowest BCUT2D eigenvalue weighted by atomic mass is 10.1. The fourth-order valence-electron chi connectivity index (χ4n) is 2.12. The first-order valence-electron chi connectivity index (χ1n) is 5.99. The molecule has 0 atom stereocenters. The maximum Gasteiger partial charge on any atom is 0.219 e. The van der Waals surface area contributed by atoms with Crippen molar-refractivity contribution in [2.75, 3.05) is 13.1 Å². The lowest BCUT2D eigenvalue weighted by molar-refractivity contribution is -0.129. The molecule has 0 saturated carbocycles. The molecular weight excluding hydrogens is 218 g/mol. The van der Waals surface area contributed by atoms with Gasteiger partial charge < -0.3 is 10.2 Å². The van der Waals surface area contributed by atoms with E-state index in [9.17, 15) is 4.79 Å². The summed E-state index contributed by atoms with van der Waals surface area (Å²) in [6, 6.07) is 0.479. The van der Waals surface area contributed by atoms with Crippen molar-refractivity contribution in [3.05, 3.63) is 11.9 Å². The minimum Gasteiger partial charge on any atom is -0.343 e. The van der Waals surface area contributed by atoms with E-state index in [2.05, 4.69) is 15.6 Å². The van der Waals surface area contributed by atoms with E-state index in [0.29, 0.717) is 6.04 Å². The Morgan fingerprint density at radius 1 is 1.53 bits per heavy atom. The molecule has 17 heavy (non-hydrogen) atoms. The van der Waals surface area contributed by atoms with E-state index in [4.69, 9.17) is 0 Å². The van der Waals surface area contributed by atoms with Gasteiger partial charge in [0.2, 0.25) is 5.91 Å².